The number of hydrogen-bond acceptors (Lipinski definition) is 3. The SMILES string of the molecule is OB(O)c1c2ccccc2cc2oc3cc4ccccc4cc3c12. The molecule has 1 aromatic heterocycles. The molecule has 2 N–H and O–H groups in total. The first-order valence-electron chi connectivity index (χ1n) is 7.85. The van der Waals surface area contributed by atoms with E-state index < -0.39 is 7.12 Å². The fourth-order valence-electron chi connectivity index (χ4n) is 3.59. The Bertz CT molecular complexity index is 1240. The van der Waals surface area contributed by atoms with Crippen LogP contribution in [0.4, 0.5) is 0 Å². The second-order valence-corrected chi connectivity index (χ2v) is 6.06. The summed E-state index contributed by atoms with van der Waals surface area (Å²) >= 11 is 0. The predicted octanol–water partition coefficient (Wildman–Crippen LogP) is 3.57. The summed E-state index contributed by atoms with van der Waals surface area (Å²) in [4.78, 5) is 0. The first-order chi connectivity index (χ1) is 11.7. The van der Waals surface area contributed by atoms with Crippen molar-refractivity contribution in [1.29, 1.82) is 0 Å². The van der Waals surface area contributed by atoms with Crippen LogP contribution in [-0.4, -0.2) is 17.2 Å². The molecule has 114 valence electrons. The largest absolute Gasteiger partial charge is 0.489 e. The van der Waals surface area contributed by atoms with E-state index in [-0.39, 0.29) is 0 Å². The standard InChI is InChI=1S/C20H13BO3/c22-21(23)20-15-8-4-3-7-14(15)11-18-19(20)16-9-12-5-1-2-6-13(12)10-17(16)24-18/h1-11,22-23H. The van der Waals surface area contributed by atoms with Gasteiger partial charge in [-0.1, -0.05) is 48.5 Å². The van der Waals surface area contributed by atoms with Gasteiger partial charge >= 0.3 is 7.12 Å². The predicted molar refractivity (Wildman–Crippen MR) is 98.6 cm³/mol. The van der Waals surface area contributed by atoms with Crippen molar-refractivity contribution >= 4 is 56.1 Å². The van der Waals surface area contributed by atoms with E-state index in [1.807, 2.05) is 60.7 Å². The molecule has 0 fully saturated rings. The summed E-state index contributed by atoms with van der Waals surface area (Å²) in [6, 6.07) is 21.8. The van der Waals surface area contributed by atoms with Crippen molar-refractivity contribution < 1.29 is 14.5 Å². The Labute approximate surface area is 137 Å². The summed E-state index contributed by atoms with van der Waals surface area (Å²) in [5.74, 6) is 0. The minimum absolute atomic E-state index is 0.497. The van der Waals surface area contributed by atoms with Crippen LogP contribution in [0.15, 0.2) is 71.1 Å². The van der Waals surface area contributed by atoms with Gasteiger partial charge in [0.25, 0.3) is 0 Å². The van der Waals surface area contributed by atoms with E-state index in [0.717, 1.165) is 37.9 Å². The van der Waals surface area contributed by atoms with E-state index in [9.17, 15) is 10.0 Å². The summed E-state index contributed by atoms with van der Waals surface area (Å²) in [5, 5.41) is 25.7. The average molecular weight is 312 g/mol. The highest BCUT2D eigenvalue weighted by Crippen LogP contribution is 2.33. The molecule has 0 amide bonds. The van der Waals surface area contributed by atoms with Crippen molar-refractivity contribution in [3.63, 3.8) is 0 Å². The van der Waals surface area contributed by atoms with Gasteiger partial charge in [0.05, 0.1) is 0 Å². The van der Waals surface area contributed by atoms with Gasteiger partial charge in [-0.2, -0.15) is 0 Å². The molecule has 0 aliphatic heterocycles. The Morgan fingerprint density at radius 2 is 1.29 bits per heavy atom. The third kappa shape index (κ3) is 1.81. The number of fused-ring (bicyclic) bond motifs is 5. The van der Waals surface area contributed by atoms with Gasteiger partial charge in [0.2, 0.25) is 0 Å². The Hall–Kier alpha value is -2.82. The lowest BCUT2D eigenvalue weighted by molar-refractivity contribution is 0.426. The maximum absolute atomic E-state index is 10.0. The van der Waals surface area contributed by atoms with Crippen LogP contribution in [0.2, 0.25) is 0 Å². The quantitative estimate of drug-likeness (QED) is 0.465. The third-order valence-electron chi connectivity index (χ3n) is 4.65. The molecule has 0 unspecified atom stereocenters. The van der Waals surface area contributed by atoms with Crippen molar-refractivity contribution in [3.05, 3.63) is 66.7 Å². The zero-order valence-corrected chi connectivity index (χ0v) is 12.7. The highest BCUT2D eigenvalue weighted by molar-refractivity contribution is 6.66. The van der Waals surface area contributed by atoms with Crippen LogP contribution in [0.5, 0.6) is 0 Å². The van der Waals surface area contributed by atoms with Gasteiger partial charge in [0, 0.05) is 16.2 Å². The fraction of sp³-hybridized carbons (Fsp3) is 0. The topological polar surface area (TPSA) is 53.6 Å². The molecule has 24 heavy (non-hydrogen) atoms. The molecule has 0 spiro atoms. The number of benzene rings is 4. The molecule has 3 nitrogen and oxygen atoms in total. The molecule has 5 aromatic rings. The second kappa shape index (κ2) is 4.84. The summed E-state index contributed by atoms with van der Waals surface area (Å²) < 4.78 is 6.04. The molecular formula is C20H13BO3. The van der Waals surface area contributed by atoms with Gasteiger partial charge in [0.15, 0.2) is 0 Å². The zero-order chi connectivity index (χ0) is 16.3. The maximum atomic E-state index is 10.0. The van der Waals surface area contributed by atoms with E-state index in [4.69, 9.17) is 4.42 Å². The first kappa shape index (κ1) is 13.6. The number of furan rings is 1. The van der Waals surface area contributed by atoms with E-state index in [2.05, 4.69) is 6.07 Å². The van der Waals surface area contributed by atoms with Gasteiger partial charge in [-0.15, -0.1) is 0 Å². The van der Waals surface area contributed by atoms with Gasteiger partial charge < -0.3 is 14.5 Å². The van der Waals surface area contributed by atoms with Crippen LogP contribution in [-0.2, 0) is 0 Å². The molecular weight excluding hydrogens is 299 g/mol. The summed E-state index contributed by atoms with van der Waals surface area (Å²) in [5.41, 5.74) is 1.92. The summed E-state index contributed by atoms with van der Waals surface area (Å²) in [6.45, 7) is 0. The molecule has 0 aliphatic carbocycles. The number of hydrogen-bond donors (Lipinski definition) is 2. The van der Waals surface area contributed by atoms with Crippen LogP contribution in [0.1, 0.15) is 0 Å². The van der Waals surface area contributed by atoms with E-state index in [1.165, 1.54) is 0 Å². The van der Waals surface area contributed by atoms with Gasteiger partial charge in [-0.05, 0) is 39.7 Å². The smallest absolute Gasteiger partial charge is 0.456 e. The van der Waals surface area contributed by atoms with Crippen LogP contribution in [0.25, 0.3) is 43.5 Å². The summed E-state index contributed by atoms with van der Waals surface area (Å²) in [7, 11) is -1.56. The monoisotopic (exact) mass is 312 g/mol. The lowest BCUT2D eigenvalue weighted by atomic mass is 9.74. The Morgan fingerprint density at radius 1 is 0.667 bits per heavy atom. The highest BCUT2D eigenvalue weighted by atomic mass is 16.4. The molecule has 5 rings (SSSR count). The Balaban J connectivity index is 2.06. The van der Waals surface area contributed by atoms with Gasteiger partial charge in [-0.25, -0.2) is 0 Å². The van der Waals surface area contributed by atoms with E-state index in [1.54, 1.807) is 0 Å². The lowest BCUT2D eigenvalue weighted by Crippen LogP contribution is -2.31. The van der Waals surface area contributed by atoms with Crippen molar-refractivity contribution in [3.8, 4) is 0 Å². The van der Waals surface area contributed by atoms with Crippen LogP contribution < -0.4 is 5.46 Å². The van der Waals surface area contributed by atoms with Crippen LogP contribution in [0.3, 0.4) is 0 Å². The van der Waals surface area contributed by atoms with Crippen molar-refractivity contribution in [2.24, 2.45) is 0 Å². The zero-order valence-electron chi connectivity index (χ0n) is 12.7. The summed E-state index contributed by atoms with van der Waals surface area (Å²) in [6.07, 6.45) is 0. The molecule has 1 heterocycles. The third-order valence-corrected chi connectivity index (χ3v) is 4.65. The normalized spacial score (nSPS) is 11.8. The molecule has 4 aromatic carbocycles. The van der Waals surface area contributed by atoms with E-state index in [0.29, 0.717) is 11.0 Å². The lowest BCUT2D eigenvalue weighted by Gasteiger charge is -2.07. The fourth-order valence-corrected chi connectivity index (χ4v) is 3.59. The molecule has 0 aliphatic rings. The maximum Gasteiger partial charge on any atom is 0.489 e. The molecule has 0 saturated heterocycles. The van der Waals surface area contributed by atoms with Gasteiger partial charge in [0.1, 0.15) is 11.2 Å². The molecule has 0 radical (unpaired) electrons. The van der Waals surface area contributed by atoms with Crippen LogP contribution in [0, 0.1) is 0 Å². The molecule has 0 atom stereocenters. The van der Waals surface area contributed by atoms with Gasteiger partial charge in [-0.3, -0.25) is 0 Å². The molecule has 4 heteroatoms. The first-order valence-corrected chi connectivity index (χ1v) is 7.85. The Kier molecular flexibility index (Phi) is 2.74. The second-order valence-electron chi connectivity index (χ2n) is 6.06. The molecule has 0 bridgehead atoms. The minimum Gasteiger partial charge on any atom is -0.456 e. The molecule has 0 saturated carbocycles. The van der Waals surface area contributed by atoms with Crippen molar-refractivity contribution in [2.45, 2.75) is 0 Å². The number of rotatable bonds is 1. The van der Waals surface area contributed by atoms with E-state index >= 15 is 0 Å². The van der Waals surface area contributed by atoms with Crippen molar-refractivity contribution in [2.75, 3.05) is 0 Å². The average Bonchev–Trinajstić information content (AvgIpc) is 2.94. The minimum atomic E-state index is -1.56. The van der Waals surface area contributed by atoms with Crippen LogP contribution >= 0.6 is 0 Å². The van der Waals surface area contributed by atoms with Crippen molar-refractivity contribution in [1.82, 2.24) is 0 Å². The highest BCUT2D eigenvalue weighted by Gasteiger charge is 2.23. The Morgan fingerprint density at radius 3 is 2.04 bits per heavy atom.